The SMILES string of the molecule is CCC(Nc1c([N+](=O)[O-])c(C)nn1C)C(=O)Nc1cccc(OC)c1. The van der Waals surface area contributed by atoms with Crippen LogP contribution in [-0.4, -0.2) is 33.8 Å². The van der Waals surface area contributed by atoms with E-state index in [2.05, 4.69) is 15.7 Å². The van der Waals surface area contributed by atoms with Crippen LogP contribution in [0.25, 0.3) is 0 Å². The molecule has 2 N–H and O–H groups in total. The zero-order valence-corrected chi connectivity index (χ0v) is 14.6. The standard InChI is InChI=1S/C16H21N5O4/c1-5-13(16(22)17-11-7-6-8-12(9-11)25-4)18-15-14(21(23)24)10(2)19-20(15)3/h6-9,13,18H,5H2,1-4H3,(H,17,22). The van der Waals surface area contributed by atoms with Gasteiger partial charge in [0.25, 0.3) is 0 Å². The average Bonchev–Trinajstić information content (AvgIpc) is 2.86. The summed E-state index contributed by atoms with van der Waals surface area (Å²) in [7, 11) is 3.14. The van der Waals surface area contributed by atoms with Gasteiger partial charge in [0, 0.05) is 18.8 Å². The van der Waals surface area contributed by atoms with E-state index in [1.54, 1.807) is 45.3 Å². The summed E-state index contributed by atoms with van der Waals surface area (Å²) in [5.74, 6) is 0.524. The molecule has 0 spiro atoms. The Morgan fingerprint density at radius 1 is 1.48 bits per heavy atom. The molecule has 0 saturated heterocycles. The molecule has 25 heavy (non-hydrogen) atoms. The molecule has 9 heteroatoms. The van der Waals surface area contributed by atoms with Crippen LogP contribution in [0.4, 0.5) is 17.2 Å². The molecule has 1 heterocycles. The molecule has 1 aromatic carbocycles. The van der Waals surface area contributed by atoms with E-state index >= 15 is 0 Å². The maximum atomic E-state index is 12.5. The van der Waals surface area contributed by atoms with Crippen molar-refractivity contribution in [3.05, 3.63) is 40.1 Å². The van der Waals surface area contributed by atoms with Crippen molar-refractivity contribution >= 4 is 23.1 Å². The van der Waals surface area contributed by atoms with Gasteiger partial charge in [-0.25, -0.2) is 4.68 Å². The lowest BCUT2D eigenvalue weighted by Crippen LogP contribution is -2.35. The van der Waals surface area contributed by atoms with Crippen molar-refractivity contribution in [3.63, 3.8) is 0 Å². The molecule has 9 nitrogen and oxygen atoms in total. The van der Waals surface area contributed by atoms with Crippen LogP contribution in [0, 0.1) is 17.0 Å². The number of hydrogen-bond donors (Lipinski definition) is 2. The van der Waals surface area contributed by atoms with E-state index in [1.165, 1.54) is 4.68 Å². The Balaban J connectivity index is 2.20. The van der Waals surface area contributed by atoms with Gasteiger partial charge in [-0.1, -0.05) is 13.0 Å². The van der Waals surface area contributed by atoms with Gasteiger partial charge in [0.05, 0.1) is 12.0 Å². The van der Waals surface area contributed by atoms with Crippen molar-refractivity contribution < 1.29 is 14.5 Å². The third-order valence-electron chi connectivity index (χ3n) is 3.75. The number of nitrogens with zero attached hydrogens (tertiary/aromatic N) is 3. The van der Waals surface area contributed by atoms with Crippen molar-refractivity contribution in [2.75, 3.05) is 17.7 Å². The number of aromatic nitrogens is 2. The van der Waals surface area contributed by atoms with Gasteiger partial charge >= 0.3 is 5.69 Å². The second kappa shape index (κ2) is 7.65. The quantitative estimate of drug-likeness (QED) is 0.588. The molecule has 2 rings (SSSR count). The number of nitro groups is 1. The topological polar surface area (TPSA) is 111 Å². The summed E-state index contributed by atoms with van der Waals surface area (Å²) in [6.45, 7) is 3.37. The lowest BCUT2D eigenvalue weighted by Gasteiger charge is -2.17. The van der Waals surface area contributed by atoms with Crippen molar-refractivity contribution in [2.24, 2.45) is 7.05 Å². The van der Waals surface area contributed by atoms with E-state index in [-0.39, 0.29) is 23.1 Å². The molecule has 1 unspecified atom stereocenters. The van der Waals surface area contributed by atoms with Crippen LogP contribution in [0.2, 0.25) is 0 Å². The zero-order chi connectivity index (χ0) is 18.6. The van der Waals surface area contributed by atoms with Gasteiger partial charge in [-0.3, -0.25) is 14.9 Å². The highest BCUT2D eigenvalue weighted by atomic mass is 16.6. The van der Waals surface area contributed by atoms with Crippen LogP contribution in [0.1, 0.15) is 19.0 Å². The smallest absolute Gasteiger partial charge is 0.333 e. The summed E-state index contributed by atoms with van der Waals surface area (Å²) in [6.07, 6.45) is 0.442. The number of nitrogens with one attached hydrogen (secondary N) is 2. The fraction of sp³-hybridized carbons (Fsp3) is 0.375. The highest BCUT2D eigenvalue weighted by molar-refractivity contribution is 5.96. The summed E-state index contributed by atoms with van der Waals surface area (Å²) in [5.41, 5.74) is 0.744. The van der Waals surface area contributed by atoms with Crippen molar-refractivity contribution in [3.8, 4) is 5.75 Å². The Labute approximate surface area is 145 Å². The number of anilines is 2. The fourth-order valence-electron chi connectivity index (χ4n) is 2.48. The first kappa shape index (κ1) is 18.2. The molecule has 0 saturated carbocycles. The van der Waals surface area contributed by atoms with Gasteiger partial charge in [-0.05, 0) is 25.5 Å². The maximum Gasteiger partial charge on any atom is 0.333 e. The number of aryl methyl sites for hydroxylation is 2. The van der Waals surface area contributed by atoms with Crippen molar-refractivity contribution in [1.29, 1.82) is 0 Å². The van der Waals surface area contributed by atoms with Gasteiger partial charge in [0.1, 0.15) is 17.5 Å². The number of ether oxygens (including phenoxy) is 1. The van der Waals surface area contributed by atoms with Crippen molar-refractivity contribution in [2.45, 2.75) is 26.3 Å². The summed E-state index contributed by atoms with van der Waals surface area (Å²) >= 11 is 0. The van der Waals surface area contributed by atoms with Gasteiger partial charge in [-0.2, -0.15) is 5.10 Å². The van der Waals surface area contributed by atoms with E-state index in [0.717, 1.165) is 0 Å². The molecule has 0 fully saturated rings. The molecule has 0 aliphatic rings. The summed E-state index contributed by atoms with van der Waals surface area (Å²) < 4.78 is 6.50. The van der Waals surface area contributed by atoms with E-state index in [1.807, 2.05) is 6.92 Å². The van der Waals surface area contributed by atoms with Crippen LogP contribution in [0.5, 0.6) is 5.75 Å². The molecule has 1 aromatic heterocycles. The van der Waals surface area contributed by atoms with E-state index < -0.39 is 11.0 Å². The second-order valence-corrected chi connectivity index (χ2v) is 5.49. The van der Waals surface area contributed by atoms with Crippen LogP contribution < -0.4 is 15.4 Å². The Kier molecular flexibility index (Phi) is 5.58. The molecular formula is C16H21N5O4. The molecule has 0 bridgehead atoms. The van der Waals surface area contributed by atoms with Crippen LogP contribution in [0.15, 0.2) is 24.3 Å². The monoisotopic (exact) mass is 347 g/mol. The molecular weight excluding hydrogens is 326 g/mol. The number of methoxy groups -OCH3 is 1. The predicted octanol–water partition coefficient (Wildman–Crippen LogP) is 2.47. The third kappa shape index (κ3) is 4.06. The number of amides is 1. The minimum Gasteiger partial charge on any atom is -0.497 e. The number of rotatable bonds is 7. The highest BCUT2D eigenvalue weighted by Crippen LogP contribution is 2.28. The lowest BCUT2D eigenvalue weighted by molar-refractivity contribution is -0.384. The summed E-state index contributed by atoms with van der Waals surface area (Å²) in [6, 6.07) is 6.32. The predicted molar refractivity (Wildman–Crippen MR) is 93.9 cm³/mol. The lowest BCUT2D eigenvalue weighted by atomic mass is 10.2. The van der Waals surface area contributed by atoms with E-state index in [0.29, 0.717) is 17.9 Å². The summed E-state index contributed by atoms with van der Waals surface area (Å²) in [4.78, 5) is 23.3. The first-order valence-electron chi connectivity index (χ1n) is 7.76. The molecule has 0 aliphatic carbocycles. The molecule has 134 valence electrons. The van der Waals surface area contributed by atoms with Crippen LogP contribution in [-0.2, 0) is 11.8 Å². The minimum absolute atomic E-state index is 0.130. The van der Waals surface area contributed by atoms with Gasteiger partial charge in [-0.15, -0.1) is 0 Å². The molecule has 1 atom stereocenters. The first-order valence-corrected chi connectivity index (χ1v) is 7.76. The van der Waals surface area contributed by atoms with Gasteiger partial charge in [0.2, 0.25) is 11.7 Å². The van der Waals surface area contributed by atoms with E-state index in [9.17, 15) is 14.9 Å². The molecule has 0 aliphatic heterocycles. The molecule has 2 aromatic rings. The Morgan fingerprint density at radius 3 is 2.80 bits per heavy atom. The van der Waals surface area contributed by atoms with Crippen molar-refractivity contribution in [1.82, 2.24) is 9.78 Å². The Morgan fingerprint density at radius 2 is 2.20 bits per heavy atom. The van der Waals surface area contributed by atoms with E-state index in [4.69, 9.17) is 4.74 Å². The van der Waals surface area contributed by atoms with Crippen LogP contribution >= 0.6 is 0 Å². The first-order chi connectivity index (χ1) is 11.9. The average molecular weight is 347 g/mol. The minimum atomic E-state index is -0.653. The zero-order valence-electron chi connectivity index (χ0n) is 14.6. The normalized spacial score (nSPS) is 11.7. The van der Waals surface area contributed by atoms with Gasteiger partial charge < -0.3 is 15.4 Å². The largest absolute Gasteiger partial charge is 0.497 e. The fourth-order valence-corrected chi connectivity index (χ4v) is 2.48. The maximum absolute atomic E-state index is 12.5. The number of benzene rings is 1. The number of carbonyl (C=O) groups excluding carboxylic acids is 1. The number of hydrogen-bond acceptors (Lipinski definition) is 6. The van der Waals surface area contributed by atoms with Gasteiger partial charge in [0.15, 0.2) is 0 Å². The Hall–Kier alpha value is -3.10. The number of carbonyl (C=O) groups is 1. The molecule has 1 amide bonds. The highest BCUT2D eigenvalue weighted by Gasteiger charge is 2.27. The Bertz CT molecular complexity index is 787. The second-order valence-electron chi connectivity index (χ2n) is 5.49. The molecule has 0 radical (unpaired) electrons. The third-order valence-corrected chi connectivity index (χ3v) is 3.75. The summed E-state index contributed by atoms with van der Waals surface area (Å²) in [5, 5.41) is 21.0. The van der Waals surface area contributed by atoms with Crippen LogP contribution in [0.3, 0.4) is 0 Å².